The molecular weight excluding hydrogens is 320 g/mol. The van der Waals surface area contributed by atoms with Crippen LogP contribution >= 0.6 is 11.6 Å². The van der Waals surface area contributed by atoms with Gasteiger partial charge in [-0.1, -0.05) is 96.3 Å². The van der Waals surface area contributed by atoms with Crippen LogP contribution in [0.25, 0.3) is 0 Å². The van der Waals surface area contributed by atoms with Crippen LogP contribution in [0.2, 0.25) is 16.6 Å². The second-order valence-corrected chi connectivity index (χ2v) is 13.2. The van der Waals surface area contributed by atoms with Crippen molar-refractivity contribution < 1.29 is 4.43 Å². The van der Waals surface area contributed by atoms with E-state index in [0.29, 0.717) is 5.88 Å². The molecule has 3 saturated carbocycles. The van der Waals surface area contributed by atoms with Gasteiger partial charge < -0.3 is 4.43 Å². The molecule has 3 heteroatoms. The van der Waals surface area contributed by atoms with E-state index in [4.69, 9.17) is 16.0 Å². The maximum Gasteiger partial charge on any atom is 0.201 e. The van der Waals surface area contributed by atoms with Crippen LogP contribution in [0.4, 0.5) is 0 Å². The van der Waals surface area contributed by atoms with Crippen molar-refractivity contribution in [2.45, 2.75) is 113 Å². The van der Waals surface area contributed by atoms with E-state index in [0.717, 1.165) is 23.2 Å². The summed E-state index contributed by atoms with van der Waals surface area (Å²) in [6, 6.07) is 0. The van der Waals surface area contributed by atoms with Crippen LogP contribution in [0.3, 0.4) is 0 Å². The summed E-state index contributed by atoms with van der Waals surface area (Å²) >= 11 is 6.12. The molecule has 0 aromatic heterocycles. The molecule has 3 aliphatic carbocycles. The van der Waals surface area contributed by atoms with E-state index in [2.05, 4.69) is 0 Å². The lowest BCUT2D eigenvalue weighted by molar-refractivity contribution is 0.251. The Labute approximate surface area is 150 Å². The Morgan fingerprint density at radius 2 is 0.957 bits per heavy atom. The summed E-state index contributed by atoms with van der Waals surface area (Å²) in [6.07, 6.45) is 22.0. The largest absolute Gasteiger partial charge is 0.415 e. The molecular formula is C20H37ClOSi. The molecule has 0 unspecified atom stereocenters. The smallest absolute Gasteiger partial charge is 0.201 e. The average Bonchev–Trinajstić information content (AvgIpc) is 2.65. The summed E-state index contributed by atoms with van der Waals surface area (Å²) in [5, 5.41) is 0. The second kappa shape index (κ2) is 9.24. The molecule has 0 amide bonds. The van der Waals surface area contributed by atoms with Crippen LogP contribution in [-0.2, 0) is 4.43 Å². The minimum absolute atomic E-state index is 0.695. The maximum atomic E-state index is 7.00. The number of hydrogen-bond donors (Lipinski definition) is 0. The highest BCUT2D eigenvalue weighted by molar-refractivity contribution is 6.78. The Morgan fingerprint density at radius 1 is 0.609 bits per heavy atom. The second-order valence-electron chi connectivity index (χ2n) is 8.40. The predicted octanol–water partition coefficient (Wildman–Crippen LogP) is 7.19. The summed E-state index contributed by atoms with van der Waals surface area (Å²) in [7, 11) is -1.70. The van der Waals surface area contributed by atoms with Crippen molar-refractivity contribution in [2.75, 3.05) is 12.5 Å². The van der Waals surface area contributed by atoms with Gasteiger partial charge in [-0.2, -0.15) is 0 Å². The van der Waals surface area contributed by atoms with Gasteiger partial charge in [-0.15, -0.1) is 11.6 Å². The Morgan fingerprint density at radius 3 is 1.26 bits per heavy atom. The highest BCUT2D eigenvalue weighted by Crippen LogP contribution is 2.57. The third-order valence-corrected chi connectivity index (χ3v) is 13.6. The molecule has 0 aromatic carbocycles. The topological polar surface area (TPSA) is 9.23 Å². The van der Waals surface area contributed by atoms with Crippen molar-refractivity contribution in [3.8, 4) is 0 Å². The van der Waals surface area contributed by atoms with Gasteiger partial charge in [0.15, 0.2) is 0 Å². The van der Waals surface area contributed by atoms with Gasteiger partial charge in [0.25, 0.3) is 0 Å². The lowest BCUT2D eigenvalue weighted by atomic mass is 9.98. The van der Waals surface area contributed by atoms with Crippen LogP contribution in [0.15, 0.2) is 0 Å². The molecule has 0 heterocycles. The number of alkyl halides is 1. The summed E-state index contributed by atoms with van der Waals surface area (Å²) in [5.74, 6) is 0.695. The van der Waals surface area contributed by atoms with E-state index in [9.17, 15) is 0 Å². The van der Waals surface area contributed by atoms with Crippen LogP contribution in [-0.4, -0.2) is 20.8 Å². The van der Waals surface area contributed by atoms with Crippen LogP contribution in [0.1, 0.15) is 96.3 Å². The zero-order valence-electron chi connectivity index (χ0n) is 15.0. The molecule has 23 heavy (non-hydrogen) atoms. The van der Waals surface area contributed by atoms with E-state index < -0.39 is 8.32 Å². The van der Waals surface area contributed by atoms with E-state index in [1.54, 1.807) is 0 Å². The molecule has 3 aliphatic rings. The fourth-order valence-corrected chi connectivity index (χ4v) is 13.5. The van der Waals surface area contributed by atoms with Crippen molar-refractivity contribution in [1.82, 2.24) is 0 Å². The third-order valence-electron chi connectivity index (χ3n) is 7.16. The van der Waals surface area contributed by atoms with Gasteiger partial charge in [0, 0.05) is 12.5 Å². The number of halogens is 1. The summed E-state index contributed by atoms with van der Waals surface area (Å²) in [4.78, 5) is 0. The highest BCUT2D eigenvalue weighted by Gasteiger charge is 2.54. The molecule has 1 nitrogen and oxygen atoms in total. The van der Waals surface area contributed by atoms with E-state index in [1.807, 2.05) is 0 Å². The van der Waals surface area contributed by atoms with Crippen molar-refractivity contribution in [3.05, 3.63) is 0 Å². The first-order valence-electron chi connectivity index (χ1n) is 10.6. The van der Waals surface area contributed by atoms with Crippen LogP contribution in [0.5, 0.6) is 0 Å². The summed E-state index contributed by atoms with van der Waals surface area (Å²) in [5.41, 5.74) is 2.85. The van der Waals surface area contributed by atoms with Crippen LogP contribution in [0, 0.1) is 0 Å². The average molecular weight is 357 g/mol. The fraction of sp³-hybridized carbons (Fsp3) is 1.00. The minimum atomic E-state index is -1.70. The molecule has 134 valence electrons. The Kier molecular flexibility index (Phi) is 7.34. The standard InChI is InChI=1S/C20H37ClOSi/c21-16-17-22-23(18-10-4-1-5-11-18,19-12-6-2-7-13-19)20-14-8-3-9-15-20/h18-20H,1-17H2. The first-order valence-corrected chi connectivity index (χ1v) is 13.3. The number of hydrogen-bond acceptors (Lipinski definition) is 1. The lowest BCUT2D eigenvalue weighted by Crippen LogP contribution is -2.54. The quantitative estimate of drug-likeness (QED) is 0.361. The first-order chi connectivity index (χ1) is 11.4. The molecule has 3 rings (SSSR count). The Hall–Kier alpha value is 0.467. The monoisotopic (exact) mass is 356 g/mol. The molecule has 0 spiro atoms. The molecule has 0 saturated heterocycles. The predicted molar refractivity (Wildman–Crippen MR) is 103 cm³/mol. The van der Waals surface area contributed by atoms with Gasteiger partial charge in [0.05, 0.1) is 0 Å². The van der Waals surface area contributed by atoms with Crippen molar-refractivity contribution >= 4 is 19.9 Å². The Bertz CT molecular complexity index is 285. The zero-order chi connectivity index (χ0) is 16.0. The molecule has 0 aliphatic heterocycles. The van der Waals surface area contributed by atoms with Gasteiger partial charge in [-0.25, -0.2) is 0 Å². The SMILES string of the molecule is ClCCO[Si](C1CCCCC1)(C1CCCCC1)C1CCCCC1. The fourth-order valence-electron chi connectivity index (χ4n) is 6.23. The first kappa shape index (κ1) is 18.3. The van der Waals surface area contributed by atoms with Crippen LogP contribution < -0.4 is 0 Å². The molecule has 0 N–H and O–H groups in total. The minimum Gasteiger partial charge on any atom is -0.415 e. The molecule has 0 bridgehead atoms. The van der Waals surface area contributed by atoms with E-state index in [-0.39, 0.29) is 0 Å². The molecule has 3 fully saturated rings. The van der Waals surface area contributed by atoms with Crippen molar-refractivity contribution in [2.24, 2.45) is 0 Å². The molecule has 0 aromatic rings. The summed E-state index contributed by atoms with van der Waals surface area (Å²) < 4.78 is 7.00. The molecule has 0 atom stereocenters. The van der Waals surface area contributed by atoms with Crippen molar-refractivity contribution in [3.63, 3.8) is 0 Å². The lowest BCUT2D eigenvalue weighted by Gasteiger charge is -2.52. The third kappa shape index (κ3) is 4.18. The van der Waals surface area contributed by atoms with E-state index in [1.165, 1.54) is 96.3 Å². The van der Waals surface area contributed by atoms with Gasteiger partial charge in [0.1, 0.15) is 0 Å². The van der Waals surface area contributed by atoms with Gasteiger partial charge >= 0.3 is 0 Å². The maximum absolute atomic E-state index is 7.00. The normalized spacial score (nSPS) is 26.5. The molecule has 0 radical (unpaired) electrons. The van der Waals surface area contributed by atoms with Gasteiger partial charge in [-0.05, 0) is 16.6 Å². The Balaban J connectivity index is 1.88. The van der Waals surface area contributed by atoms with E-state index >= 15 is 0 Å². The summed E-state index contributed by atoms with van der Waals surface area (Å²) in [6.45, 7) is 0.831. The zero-order valence-corrected chi connectivity index (χ0v) is 16.8. The highest BCUT2D eigenvalue weighted by atomic mass is 35.5. The number of rotatable bonds is 6. The van der Waals surface area contributed by atoms with Gasteiger partial charge in [0.2, 0.25) is 8.32 Å². The van der Waals surface area contributed by atoms with Crippen molar-refractivity contribution in [1.29, 1.82) is 0 Å². The van der Waals surface area contributed by atoms with Gasteiger partial charge in [-0.3, -0.25) is 0 Å².